The van der Waals surface area contributed by atoms with E-state index in [0.717, 1.165) is 32.1 Å². The number of carbonyl (C=O) groups excluding carboxylic acids is 3. The van der Waals surface area contributed by atoms with Crippen molar-refractivity contribution >= 4 is 23.7 Å². The SMILES string of the molecule is CCC1CC(C(=O)NCCNC(=O)CCOCCOCCOCCOCCOCCOCCOCCOCCOCCOCCOCCOC)CC(OC2OC(CO)C(O)C(OC(CC3CCCCC3)C(=O)O)C2NC(C)=O)C1OC1OC(CO)C(O)C(O)C1O. The molecule has 0 aromatic rings. The molecule has 0 aromatic carbocycles. The van der Waals surface area contributed by atoms with Crippen molar-refractivity contribution in [2.45, 2.75) is 158 Å². The molecule has 0 spiro atoms. The molecule has 2 saturated carbocycles. The first-order chi connectivity index (χ1) is 44.2. The summed E-state index contributed by atoms with van der Waals surface area (Å²) < 4.78 is 96.3. The van der Waals surface area contributed by atoms with Crippen LogP contribution in [0.25, 0.3) is 0 Å². The van der Waals surface area contributed by atoms with E-state index in [1.54, 1.807) is 7.11 Å². The number of amides is 3. The van der Waals surface area contributed by atoms with E-state index in [0.29, 0.717) is 145 Å². The van der Waals surface area contributed by atoms with Crippen molar-refractivity contribution < 1.29 is 135 Å². The molecule has 31 nitrogen and oxygen atoms in total. The maximum atomic E-state index is 14.0. The topological polar surface area (TPSA) is 403 Å². The zero-order valence-electron chi connectivity index (χ0n) is 53.6. The van der Waals surface area contributed by atoms with Crippen molar-refractivity contribution in [1.82, 2.24) is 16.0 Å². The van der Waals surface area contributed by atoms with Gasteiger partial charge in [-0.2, -0.15) is 0 Å². The van der Waals surface area contributed by atoms with Gasteiger partial charge in [-0.25, -0.2) is 4.79 Å². The Morgan fingerprint density at radius 2 is 0.978 bits per heavy atom. The molecule has 2 aliphatic carbocycles. The van der Waals surface area contributed by atoms with Crippen LogP contribution in [0.3, 0.4) is 0 Å². The van der Waals surface area contributed by atoms with Crippen LogP contribution in [0.15, 0.2) is 0 Å². The van der Waals surface area contributed by atoms with E-state index in [2.05, 4.69) is 16.0 Å². The number of nitrogens with one attached hydrogen (secondary N) is 3. The third-order valence-corrected chi connectivity index (χ3v) is 15.7. The highest BCUT2D eigenvalue weighted by atomic mass is 16.7. The number of hydrogen-bond acceptors (Lipinski definition) is 27. The number of methoxy groups -OCH3 is 1. The van der Waals surface area contributed by atoms with Crippen LogP contribution in [0.1, 0.15) is 78.1 Å². The average molecular weight is 1320 g/mol. The summed E-state index contributed by atoms with van der Waals surface area (Å²) in [6.45, 7) is 11.6. The lowest BCUT2D eigenvalue weighted by Gasteiger charge is -2.49. The Morgan fingerprint density at radius 1 is 0.527 bits per heavy atom. The summed E-state index contributed by atoms with van der Waals surface area (Å²) in [5.74, 6) is -3.85. The van der Waals surface area contributed by atoms with Gasteiger partial charge < -0.3 is 132 Å². The number of aliphatic carboxylic acids is 1. The predicted octanol–water partition coefficient (Wildman–Crippen LogP) is -2.16. The van der Waals surface area contributed by atoms with Crippen LogP contribution in [0.5, 0.6) is 0 Å². The van der Waals surface area contributed by atoms with Gasteiger partial charge in [0.1, 0.15) is 48.8 Å². The van der Waals surface area contributed by atoms with E-state index in [-0.39, 0.29) is 63.8 Å². The standard InChI is InChI=1S/C60H109N3O28/c1-4-43-37-44(38-45(55(43)91-60-54(71)53(70)51(68)47(39-64)90-60)88-59-50(63-41(2)66)56(52(69)48(40-65)89-59)87-46(58(73)74)36-42-8-6-5-7-9-42)57(72)62-12-11-61-49(67)10-13-76-16-17-78-20-21-80-24-25-82-28-29-84-32-33-86-35-34-85-31-30-83-27-26-81-23-22-79-19-18-77-15-14-75-3/h42-48,50-56,59-60,64-65,68-71H,4-40H2,1-3H3,(H,61,67)(H,62,72)(H,63,66)(H,73,74). The van der Waals surface area contributed by atoms with Crippen LogP contribution in [-0.4, -0.2) is 324 Å². The zero-order chi connectivity index (χ0) is 65.9. The lowest BCUT2D eigenvalue weighted by atomic mass is 9.75. The fourth-order valence-electron chi connectivity index (χ4n) is 10.9. The fraction of sp³-hybridized carbons (Fsp3) is 0.933. The number of carboxylic acid groups (broad SMARTS) is 1. The highest BCUT2D eigenvalue weighted by Crippen LogP contribution is 2.40. The molecule has 2 heterocycles. The highest BCUT2D eigenvalue weighted by Gasteiger charge is 2.53. The first-order valence-corrected chi connectivity index (χ1v) is 32.3. The molecule has 4 aliphatic rings. The van der Waals surface area contributed by atoms with Crippen molar-refractivity contribution in [1.29, 1.82) is 0 Å². The van der Waals surface area contributed by atoms with Gasteiger partial charge in [-0.3, -0.25) is 14.4 Å². The summed E-state index contributed by atoms with van der Waals surface area (Å²) in [7, 11) is 1.63. The van der Waals surface area contributed by atoms with Gasteiger partial charge in [-0.15, -0.1) is 0 Å². The fourth-order valence-corrected chi connectivity index (χ4v) is 10.9. The molecule has 4 fully saturated rings. The number of aliphatic hydroxyl groups excluding tert-OH is 6. The second kappa shape index (κ2) is 49.5. The van der Waals surface area contributed by atoms with Gasteiger partial charge in [-0.1, -0.05) is 45.4 Å². The van der Waals surface area contributed by atoms with Crippen LogP contribution in [0.4, 0.5) is 0 Å². The Balaban J connectivity index is 1.08. The van der Waals surface area contributed by atoms with Crippen molar-refractivity contribution in [2.75, 3.05) is 185 Å². The minimum Gasteiger partial charge on any atom is -0.479 e. The molecule has 532 valence electrons. The maximum Gasteiger partial charge on any atom is 0.332 e. The van der Waals surface area contributed by atoms with Crippen molar-refractivity contribution in [2.24, 2.45) is 17.8 Å². The Kier molecular flexibility index (Phi) is 43.7. The molecule has 0 radical (unpaired) electrons. The number of aliphatic hydroxyl groups is 6. The Morgan fingerprint density at radius 3 is 1.43 bits per heavy atom. The first-order valence-electron chi connectivity index (χ1n) is 32.3. The quantitative estimate of drug-likeness (QED) is 0.0290. The molecule has 2 aliphatic heterocycles. The van der Waals surface area contributed by atoms with Gasteiger partial charge >= 0.3 is 5.97 Å². The number of carbonyl (C=O) groups is 4. The van der Waals surface area contributed by atoms with E-state index in [1.165, 1.54) is 6.92 Å². The second-order valence-corrected chi connectivity index (χ2v) is 22.5. The lowest BCUT2D eigenvalue weighted by molar-refractivity contribution is -0.342. The summed E-state index contributed by atoms with van der Waals surface area (Å²) in [5.41, 5.74) is 0. The summed E-state index contributed by atoms with van der Waals surface area (Å²) >= 11 is 0. The van der Waals surface area contributed by atoms with Gasteiger partial charge in [0.15, 0.2) is 18.7 Å². The zero-order valence-corrected chi connectivity index (χ0v) is 53.6. The van der Waals surface area contributed by atoms with Crippen LogP contribution in [0.2, 0.25) is 0 Å². The summed E-state index contributed by atoms with van der Waals surface area (Å²) in [6, 6.07) is -1.37. The Labute approximate surface area is 534 Å². The summed E-state index contributed by atoms with van der Waals surface area (Å²) in [4.78, 5) is 52.1. The van der Waals surface area contributed by atoms with Gasteiger partial charge in [0.05, 0.1) is 177 Å². The smallest absolute Gasteiger partial charge is 0.332 e. The molecular formula is C60H109N3O28. The Bertz CT molecular complexity index is 1880. The summed E-state index contributed by atoms with van der Waals surface area (Å²) in [5, 5.41) is 82.8. The molecule has 0 bridgehead atoms. The van der Waals surface area contributed by atoms with E-state index in [4.69, 9.17) is 80.5 Å². The third-order valence-electron chi connectivity index (χ3n) is 15.7. The Hall–Kier alpha value is -3.04. The molecule has 4 rings (SSSR count). The minimum atomic E-state index is -1.80. The van der Waals surface area contributed by atoms with E-state index >= 15 is 0 Å². The van der Waals surface area contributed by atoms with E-state index in [9.17, 15) is 54.9 Å². The molecule has 15 unspecified atom stereocenters. The largest absolute Gasteiger partial charge is 0.479 e. The van der Waals surface area contributed by atoms with E-state index < -0.39 is 122 Å². The average Bonchev–Trinajstić information content (AvgIpc) is 0.888. The first kappa shape index (κ1) is 80.4. The molecule has 91 heavy (non-hydrogen) atoms. The molecule has 3 amide bonds. The molecule has 10 N–H and O–H groups in total. The number of rotatable bonds is 53. The number of carboxylic acids is 1. The molecule has 0 aromatic heterocycles. The van der Waals surface area contributed by atoms with Crippen LogP contribution in [-0.2, 0) is 99.7 Å². The molecular weight excluding hydrogens is 1210 g/mol. The van der Waals surface area contributed by atoms with Gasteiger partial charge in [0.2, 0.25) is 17.7 Å². The molecule has 31 heteroatoms. The van der Waals surface area contributed by atoms with Crippen LogP contribution in [0, 0.1) is 17.8 Å². The monoisotopic (exact) mass is 1320 g/mol. The lowest BCUT2D eigenvalue weighted by Crippen LogP contribution is -2.67. The van der Waals surface area contributed by atoms with Crippen LogP contribution < -0.4 is 16.0 Å². The number of hydrogen-bond donors (Lipinski definition) is 10. The van der Waals surface area contributed by atoms with Gasteiger partial charge in [-0.05, 0) is 31.1 Å². The second-order valence-electron chi connectivity index (χ2n) is 22.5. The maximum absolute atomic E-state index is 14.0. The van der Waals surface area contributed by atoms with Crippen molar-refractivity contribution in [3.63, 3.8) is 0 Å². The highest BCUT2D eigenvalue weighted by molar-refractivity contribution is 5.79. The number of ether oxygens (including phenoxy) is 17. The van der Waals surface area contributed by atoms with Crippen LogP contribution >= 0.6 is 0 Å². The minimum absolute atomic E-state index is 0.0426. The van der Waals surface area contributed by atoms with Gasteiger partial charge in [0, 0.05) is 39.5 Å². The third kappa shape index (κ3) is 32.5. The normalized spacial score (nSPS) is 27.6. The molecule has 2 saturated heterocycles. The van der Waals surface area contributed by atoms with Gasteiger partial charge in [0.25, 0.3) is 0 Å². The predicted molar refractivity (Wildman–Crippen MR) is 318 cm³/mol. The van der Waals surface area contributed by atoms with Crippen molar-refractivity contribution in [3.8, 4) is 0 Å². The summed E-state index contributed by atoms with van der Waals surface area (Å²) in [6.07, 6.45) is -12.7. The van der Waals surface area contributed by atoms with E-state index in [1.807, 2.05) is 6.92 Å². The van der Waals surface area contributed by atoms with Crippen molar-refractivity contribution in [3.05, 3.63) is 0 Å². The molecule has 15 atom stereocenters.